The Balaban J connectivity index is 1.81. The number of aromatic carboxylic acids is 1. The first kappa shape index (κ1) is 13.9. The third-order valence-electron chi connectivity index (χ3n) is 3.53. The SMILES string of the molecule is CSC1CCC(NCc2ccsc2C(=O)O)CC1. The number of rotatable bonds is 5. The van der Waals surface area contributed by atoms with Crippen molar-refractivity contribution in [2.24, 2.45) is 0 Å². The van der Waals surface area contributed by atoms with Crippen molar-refractivity contribution in [3.05, 3.63) is 21.9 Å². The summed E-state index contributed by atoms with van der Waals surface area (Å²) in [5, 5.41) is 15.2. The van der Waals surface area contributed by atoms with Crippen LogP contribution < -0.4 is 5.32 Å². The predicted molar refractivity (Wildman–Crippen MR) is 77.7 cm³/mol. The van der Waals surface area contributed by atoms with Crippen LogP contribution in [0.15, 0.2) is 11.4 Å². The summed E-state index contributed by atoms with van der Waals surface area (Å²) in [5.41, 5.74) is 0.916. The Hall–Kier alpha value is -0.520. The van der Waals surface area contributed by atoms with E-state index in [1.54, 1.807) is 0 Å². The van der Waals surface area contributed by atoms with Gasteiger partial charge < -0.3 is 10.4 Å². The quantitative estimate of drug-likeness (QED) is 0.872. The van der Waals surface area contributed by atoms with Gasteiger partial charge in [-0.05, 0) is 48.9 Å². The lowest BCUT2D eigenvalue weighted by atomic mass is 9.95. The number of carbonyl (C=O) groups is 1. The van der Waals surface area contributed by atoms with Crippen molar-refractivity contribution in [1.82, 2.24) is 5.32 Å². The number of nitrogens with one attached hydrogen (secondary N) is 1. The maximum Gasteiger partial charge on any atom is 0.346 e. The van der Waals surface area contributed by atoms with Gasteiger partial charge in [0.25, 0.3) is 0 Å². The molecule has 0 bridgehead atoms. The molecule has 1 aromatic heterocycles. The molecular formula is C13H19NO2S2. The van der Waals surface area contributed by atoms with Crippen molar-refractivity contribution in [1.29, 1.82) is 0 Å². The molecule has 1 fully saturated rings. The van der Waals surface area contributed by atoms with E-state index in [1.165, 1.54) is 37.0 Å². The minimum atomic E-state index is -0.812. The smallest absolute Gasteiger partial charge is 0.346 e. The van der Waals surface area contributed by atoms with Crippen molar-refractivity contribution in [3.63, 3.8) is 0 Å². The maximum absolute atomic E-state index is 11.0. The van der Waals surface area contributed by atoms with E-state index in [1.807, 2.05) is 23.2 Å². The van der Waals surface area contributed by atoms with Crippen LogP contribution in [-0.2, 0) is 6.54 Å². The Morgan fingerprint density at radius 3 is 2.83 bits per heavy atom. The van der Waals surface area contributed by atoms with Gasteiger partial charge >= 0.3 is 5.97 Å². The Labute approximate surface area is 116 Å². The molecule has 18 heavy (non-hydrogen) atoms. The van der Waals surface area contributed by atoms with E-state index in [4.69, 9.17) is 5.11 Å². The van der Waals surface area contributed by atoms with Crippen molar-refractivity contribution >= 4 is 29.1 Å². The zero-order chi connectivity index (χ0) is 13.0. The molecule has 0 unspecified atom stereocenters. The molecular weight excluding hydrogens is 266 g/mol. The van der Waals surface area contributed by atoms with Gasteiger partial charge in [0, 0.05) is 17.8 Å². The molecule has 2 N–H and O–H groups in total. The molecule has 100 valence electrons. The van der Waals surface area contributed by atoms with E-state index in [0.29, 0.717) is 17.5 Å². The lowest BCUT2D eigenvalue weighted by Gasteiger charge is -2.28. The van der Waals surface area contributed by atoms with Gasteiger partial charge in [-0.15, -0.1) is 11.3 Å². The van der Waals surface area contributed by atoms with Crippen molar-refractivity contribution in [3.8, 4) is 0 Å². The van der Waals surface area contributed by atoms with Gasteiger partial charge in [-0.2, -0.15) is 11.8 Å². The summed E-state index contributed by atoms with van der Waals surface area (Å²) in [6.45, 7) is 0.680. The van der Waals surface area contributed by atoms with Crippen LogP contribution >= 0.6 is 23.1 Å². The van der Waals surface area contributed by atoms with Crippen LogP contribution in [-0.4, -0.2) is 28.6 Å². The number of thiophene rings is 1. The molecule has 1 aliphatic rings. The van der Waals surface area contributed by atoms with E-state index >= 15 is 0 Å². The van der Waals surface area contributed by atoms with Crippen LogP contribution in [0.2, 0.25) is 0 Å². The van der Waals surface area contributed by atoms with Gasteiger partial charge in [-0.1, -0.05) is 0 Å². The minimum absolute atomic E-state index is 0.472. The zero-order valence-corrected chi connectivity index (χ0v) is 12.1. The minimum Gasteiger partial charge on any atom is -0.477 e. The number of hydrogen-bond acceptors (Lipinski definition) is 4. The largest absolute Gasteiger partial charge is 0.477 e. The zero-order valence-electron chi connectivity index (χ0n) is 10.5. The van der Waals surface area contributed by atoms with Gasteiger partial charge in [0.1, 0.15) is 4.88 Å². The molecule has 0 radical (unpaired) electrons. The monoisotopic (exact) mass is 285 g/mol. The molecule has 1 aromatic rings. The highest BCUT2D eigenvalue weighted by Gasteiger charge is 2.20. The molecule has 5 heteroatoms. The Bertz CT molecular complexity index is 397. The Morgan fingerprint density at radius 1 is 1.50 bits per heavy atom. The third-order valence-corrected chi connectivity index (χ3v) is 5.61. The summed E-state index contributed by atoms with van der Waals surface area (Å²) in [6.07, 6.45) is 7.14. The Kier molecular flexibility index (Phi) is 5.09. The van der Waals surface area contributed by atoms with E-state index < -0.39 is 5.97 Å². The molecule has 2 rings (SSSR count). The van der Waals surface area contributed by atoms with E-state index in [0.717, 1.165) is 10.8 Å². The molecule has 1 aliphatic carbocycles. The first-order valence-electron chi connectivity index (χ1n) is 6.26. The molecule has 0 saturated heterocycles. The standard InChI is InChI=1S/C13H19NO2S2/c1-17-11-4-2-10(3-5-11)14-8-9-6-7-18-12(9)13(15)16/h6-7,10-11,14H,2-5,8H2,1H3,(H,15,16). The summed E-state index contributed by atoms with van der Waals surface area (Å²) in [4.78, 5) is 11.5. The van der Waals surface area contributed by atoms with Crippen LogP contribution in [0, 0.1) is 0 Å². The Morgan fingerprint density at radius 2 is 2.22 bits per heavy atom. The highest BCUT2D eigenvalue weighted by Crippen LogP contribution is 2.27. The molecule has 0 amide bonds. The first-order chi connectivity index (χ1) is 8.70. The van der Waals surface area contributed by atoms with Gasteiger partial charge in [-0.25, -0.2) is 4.79 Å². The normalized spacial score (nSPS) is 24.1. The van der Waals surface area contributed by atoms with E-state index in [2.05, 4.69) is 11.6 Å². The second-order valence-corrected chi connectivity index (χ2v) is 6.72. The second kappa shape index (κ2) is 6.59. The molecule has 1 saturated carbocycles. The van der Waals surface area contributed by atoms with Crippen LogP contribution in [0.25, 0.3) is 0 Å². The fraction of sp³-hybridized carbons (Fsp3) is 0.615. The summed E-state index contributed by atoms with van der Waals surface area (Å²) in [7, 11) is 0. The highest BCUT2D eigenvalue weighted by atomic mass is 32.2. The third kappa shape index (κ3) is 3.49. The summed E-state index contributed by atoms with van der Waals surface area (Å²) in [5.74, 6) is -0.812. The fourth-order valence-electron chi connectivity index (χ4n) is 2.42. The molecule has 0 aromatic carbocycles. The van der Waals surface area contributed by atoms with Crippen LogP contribution in [0.3, 0.4) is 0 Å². The first-order valence-corrected chi connectivity index (χ1v) is 8.43. The summed E-state index contributed by atoms with van der Waals surface area (Å²) in [6, 6.07) is 2.46. The summed E-state index contributed by atoms with van der Waals surface area (Å²) < 4.78 is 0. The van der Waals surface area contributed by atoms with Gasteiger partial charge in [0.05, 0.1) is 0 Å². The molecule has 3 nitrogen and oxygen atoms in total. The van der Waals surface area contributed by atoms with E-state index in [9.17, 15) is 4.79 Å². The average Bonchev–Trinajstić information content (AvgIpc) is 2.85. The van der Waals surface area contributed by atoms with Gasteiger partial charge in [0.15, 0.2) is 0 Å². The topological polar surface area (TPSA) is 49.3 Å². The van der Waals surface area contributed by atoms with Gasteiger partial charge in [-0.3, -0.25) is 0 Å². The lowest BCUT2D eigenvalue weighted by Crippen LogP contribution is -2.33. The second-order valence-electron chi connectivity index (χ2n) is 4.67. The average molecular weight is 285 g/mol. The predicted octanol–water partition coefficient (Wildman–Crippen LogP) is 3.21. The molecule has 0 spiro atoms. The molecule has 1 heterocycles. The molecule has 0 atom stereocenters. The number of carboxylic acids is 1. The van der Waals surface area contributed by atoms with E-state index in [-0.39, 0.29) is 0 Å². The number of thioether (sulfide) groups is 1. The highest BCUT2D eigenvalue weighted by molar-refractivity contribution is 7.99. The lowest BCUT2D eigenvalue weighted by molar-refractivity contribution is 0.0701. The van der Waals surface area contributed by atoms with Gasteiger partial charge in [0.2, 0.25) is 0 Å². The fourth-order valence-corrected chi connectivity index (χ4v) is 3.92. The van der Waals surface area contributed by atoms with Crippen molar-refractivity contribution in [2.75, 3.05) is 6.26 Å². The van der Waals surface area contributed by atoms with Crippen LogP contribution in [0.1, 0.15) is 40.9 Å². The van der Waals surface area contributed by atoms with Crippen molar-refractivity contribution < 1.29 is 9.90 Å². The molecule has 0 aliphatic heterocycles. The summed E-state index contributed by atoms with van der Waals surface area (Å²) >= 11 is 3.27. The maximum atomic E-state index is 11.0. The van der Waals surface area contributed by atoms with Crippen LogP contribution in [0.5, 0.6) is 0 Å². The number of hydrogen-bond donors (Lipinski definition) is 2. The van der Waals surface area contributed by atoms with Crippen molar-refractivity contribution in [2.45, 2.75) is 43.5 Å². The van der Waals surface area contributed by atoms with Crippen LogP contribution in [0.4, 0.5) is 0 Å². The number of carboxylic acid groups (broad SMARTS) is 1.